The Balaban J connectivity index is 1.72. The van der Waals surface area contributed by atoms with Crippen LogP contribution in [0.2, 0.25) is 5.02 Å². The van der Waals surface area contributed by atoms with Crippen LogP contribution in [0, 0.1) is 0 Å². The van der Waals surface area contributed by atoms with Crippen LogP contribution in [0.15, 0.2) is 59.0 Å². The first-order valence-corrected chi connectivity index (χ1v) is 13.3. The Bertz CT molecular complexity index is 1270. The molecule has 2 aromatic carbocycles. The maximum atomic E-state index is 13.2. The van der Waals surface area contributed by atoms with Crippen LogP contribution >= 0.6 is 11.6 Å². The van der Waals surface area contributed by atoms with Crippen LogP contribution in [0.4, 0.5) is 0 Å². The molecule has 0 spiro atoms. The van der Waals surface area contributed by atoms with E-state index in [-0.39, 0.29) is 28.3 Å². The normalized spacial score (nSPS) is 20.9. The first kappa shape index (κ1) is 26.3. The minimum Gasteiger partial charge on any atom is -0.507 e. The minimum atomic E-state index is -3.66. The number of carbonyl (C=O) groups is 2. The van der Waals surface area contributed by atoms with Gasteiger partial charge in [0.1, 0.15) is 5.76 Å². The number of amides is 1. The summed E-state index contributed by atoms with van der Waals surface area (Å²) < 4.78 is 31.3. The van der Waals surface area contributed by atoms with E-state index in [9.17, 15) is 23.1 Å². The van der Waals surface area contributed by atoms with Crippen LogP contribution in [0.5, 0.6) is 0 Å². The van der Waals surface area contributed by atoms with E-state index < -0.39 is 27.8 Å². The quantitative estimate of drug-likeness (QED) is 0.331. The van der Waals surface area contributed by atoms with Crippen LogP contribution in [-0.2, 0) is 24.3 Å². The Morgan fingerprint density at radius 2 is 1.64 bits per heavy atom. The second-order valence-corrected chi connectivity index (χ2v) is 11.4. The Hall–Kier alpha value is -2.76. The van der Waals surface area contributed by atoms with Crippen molar-refractivity contribution in [3.05, 3.63) is 70.3 Å². The number of hydrogen-bond acceptors (Lipinski definition) is 7. The van der Waals surface area contributed by atoms with Gasteiger partial charge in [-0.05, 0) is 42.0 Å². The molecule has 36 heavy (non-hydrogen) atoms. The SMILES string of the molecule is CN(C)S(=O)(=O)c1ccc(/C(O)=C2/C(=O)C(=O)N(CCN3CCOCC3)C2c2ccc(Cl)cc2)cc1. The van der Waals surface area contributed by atoms with Crippen molar-refractivity contribution in [2.24, 2.45) is 0 Å². The Kier molecular flexibility index (Phi) is 7.82. The fraction of sp³-hybridized carbons (Fsp3) is 0.360. The van der Waals surface area contributed by atoms with Gasteiger partial charge in [-0.25, -0.2) is 12.7 Å². The van der Waals surface area contributed by atoms with E-state index in [1.807, 2.05) is 0 Å². The zero-order valence-corrected chi connectivity index (χ0v) is 21.6. The molecule has 2 aliphatic rings. The van der Waals surface area contributed by atoms with Crippen molar-refractivity contribution in [2.45, 2.75) is 10.9 Å². The highest BCUT2D eigenvalue weighted by Crippen LogP contribution is 2.39. The van der Waals surface area contributed by atoms with Crippen LogP contribution in [-0.4, -0.2) is 92.8 Å². The maximum absolute atomic E-state index is 13.2. The molecule has 0 aliphatic carbocycles. The molecule has 11 heteroatoms. The molecule has 2 saturated heterocycles. The summed E-state index contributed by atoms with van der Waals surface area (Å²) in [5.74, 6) is -1.85. The largest absolute Gasteiger partial charge is 0.507 e. The fourth-order valence-electron chi connectivity index (χ4n) is 4.33. The first-order valence-electron chi connectivity index (χ1n) is 11.5. The van der Waals surface area contributed by atoms with Crippen molar-refractivity contribution in [1.82, 2.24) is 14.1 Å². The molecule has 2 heterocycles. The van der Waals surface area contributed by atoms with E-state index in [0.717, 1.165) is 17.4 Å². The summed E-state index contributed by atoms with van der Waals surface area (Å²) in [6.45, 7) is 3.53. The van der Waals surface area contributed by atoms with Gasteiger partial charge >= 0.3 is 0 Å². The third-order valence-electron chi connectivity index (χ3n) is 6.39. The molecule has 2 aromatic rings. The average Bonchev–Trinajstić information content (AvgIpc) is 3.13. The van der Waals surface area contributed by atoms with Crippen LogP contribution in [0.25, 0.3) is 5.76 Å². The van der Waals surface area contributed by atoms with Gasteiger partial charge in [-0.1, -0.05) is 23.7 Å². The van der Waals surface area contributed by atoms with E-state index >= 15 is 0 Å². The maximum Gasteiger partial charge on any atom is 0.295 e. The number of benzene rings is 2. The molecule has 0 aromatic heterocycles. The van der Waals surface area contributed by atoms with Crippen molar-refractivity contribution < 1.29 is 27.9 Å². The third kappa shape index (κ3) is 5.18. The topological polar surface area (TPSA) is 107 Å². The number of ether oxygens (including phenoxy) is 1. The lowest BCUT2D eigenvalue weighted by atomic mass is 9.95. The smallest absolute Gasteiger partial charge is 0.295 e. The highest BCUT2D eigenvalue weighted by atomic mass is 35.5. The number of hydrogen-bond donors (Lipinski definition) is 1. The number of aliphatic hydroxyl groups is 1. The molecule has 2 fully saturated rings. The number of halogens is 1. The predicted octanol–water partition coefficient (Wildman–Crippen LogP) is 2.34. The van der Waals surface area contributed by atoms with Gasteiger partial charge in [0, 0.05) is 50.9 Å². The minimum absolute atomic E-state index is 0.0456. The molecule has 192 valence electrons. The number of likely N-dealkylation sites (tertiary alicyclic amines) is 1. The summed E-state index contributed by atoms with van der Waals surface area (Å²) >= 11 is 6.06. The second-order valence-electron chi connectivity index (χ2n) is 8.81. The molecule has 0 radical (unpaired) electrons. The fourth-order valence-corrected chi connectivity index (χ4v) is 5.35. The summed E-state index contributed by atoms with van der Waals surface area (Å²) in [7, 11) is -0.814. The van der Waals surface area contributed by atoms with E-state index in [1.165, 1.54) is 43.3 Å². The molecule has 0 saturated carbocycles. The highest BCUT2D eigenvalue weighted by Gasteiger charge is 2.46. The number of aliphatic hydroxyl groups excluding tert-OH is 1. The van der Waals surface area contributed by atoms with Crippen molar-refractivity contribution in [2.75, 3.05) is 53.5 Å². The zero-order chi connectivity index (χ0) is 26.0. The molecule has 1 N–H and O–H groups in total. The summed E-state index contributed by atoms with van der Waals surface area (Å²) in [4.78, 5) is 30.0. The molecule has 2 aliphatic heterocycles. The van der Waals surface area contributed by atoms with E-state index in [2.05, 4.69) is 4.90 Å². The second kappa shape index (κ2) is 10.7. The molecule has 1 unspecified atom stereocenters. The van der Waals surface area contributed by atoms with Gasteiger partial charge in [0.15, 0.2) is 0 Å². The predicted molar refractivity (Wildman–Crippen MR) is 135 cm³/mol. The summed E-state index contributed by atoms with van der Waals surface area (Å²) in [6.07, 6.45) is 0. The number of sulfonamides is 1. The van der Waals surface area contributed by atoms with Crippen LogP contribution < -0.4 is 0 Å². The monoisotopic (exact) mass is 533 g/mol. The van der Waals surface area contributed by atoms with Gasteiger partial charge in [-0.3, -0.25) is 14.5 Å². The summed E-state index contributed by atoms with van der Waals surface area (Å²) in [5, 5.41) is 11.7. The highest BCUT2D eigenvalue weighted by molar-refractivity contribution is 7.89. The lowest BCUT2D eigenvalue weighted by Crippen LogP contribution is -2.42. The molecule has 1 amide bonds. The average molecular weight is 534 g/mol. The van der Waals surface area contributed by atoms with Gasteiger partial charge < -0.3 is 14.7 Å². The zero-order valence-electron chi connectivity index (χ0n) is 20.1. The Morgan fingerprint density at radius 3 is 2.22 bits per heavy atom. The van der Waals surface area contributed by atoms with E-state index in [1.54, 1.807) is 24.3 Å². The van der Waals surface area contributed by atoms with Crippen LogP contribution in [0.1, 0.15) is 17.2 Å². The molecular formula is C25H28ClN3O6S. The lowest BCUT2D eigenvalue weighted by Gasteiger charge is -2.31. The molecule has 1 atom stereocenters. The molecule has 4 rings (SSSR count). The molecular weight excluding hydrogens is 506 g/mol. The van der Waals surface area contributed by atoms with Crippen molar-refractivity contribution in [3.8, 4) is 0 Å². The van der Waals surface area contributed by atoms with Crippen molar-refractivity contribution in [1.29, 1.82) is 0 Å². The van der Waals surface area contributed by atoms with Gasteiger partial charge in [0.2, 0.25) is 10.0 Å². The van der Waals surface area contributed by atoms with Gasteiger partial charge in [-0.2, -0.15) is 0 Å². The number of morpholine rings is 1. The molecule has 9 nitrogen and oxygen atoms in total. The lowest BCUT2D eigenvalue weighted by molar-refractivity contribution is -0.140. The van der Waals surface area contributed by atoms with Gasteiger partial charge in [0.05, 0.1) is 29.7 Å². The summed E-state index contributed by atoms with van der Waals surface area (Å²) in [5.41, 5.74) is 0.819. The molecule has 0 bridgehead atoms. The van der Waals surface area contributed by atoms with Crippen molar-refractivity contribution >= 4 is 39.1 Å². The third-order valence-corrected chi connectivity index (χ3v) is 8.47. The van der Waals surface area contributed by atoms with Crippen LogP contribution in [0.3, 0.4) is 0 Å². The number of carbonyl (C=O) groups excluding carboxylic acids is 2. The number of nitrogens with zero attached hydrogens (tertiary/aromatic N) is 3. The Morgan fingerprint density at radius 1 is 1.03 bits per heavy atom. The number of Topliss-reactive ketones (excluding diaryl/α,β-unsaturated/α-hetero) is 1. The first-order chi connectivity index (χ1) is 17.1. The van der Waals surface area contributed by atoms with E-state index in [0.29, 0.717) is 30.3 Å². The van der Waals surface area contributed by atoms with Gasteiger partial charge in [0.25, 0.3) is 11.7 Å². The summed E-state index contributed by atoms with van der Waals surface area (Å²) in [6, 6.07) is 11.5. The standard InChI is InChI=1S/C25H28ClN3O6S/c1-27(2)36(33,34)20-9-5-18(6-10-20)23(30)21-22(17-3-7-19(26)8-4-17)29(25(32)24(21)31)12-11-28-13-15-35-16-14-28/h3-10,22,30H,11-16H2,1-2H3/b23-21-. The van der Waals surface area contributed by atoms with E-state index in [4.69, 9.17) is 16.3 Å². The number of rotatable bonds is 7. The van der Waals surface area contributed by atoms with Crippen molar-refractivity contribution in [3.63, 3.8) is 0 Å². The van der Waals surface area contributed by atoms with Gasteiger partial charge in [-0.15, -0.1) is 0 Å². The Labute approximate surface area is 215 Å². The number of ketones is 1.